The third kappa shape index (κ3) is 7.71. The molecular formula is C37H37ClF3NO3. The van der Waals surface area contributed by atoms with Crippen LogP contribution < -0.4 is 4.74 Å². The van der Waals surface area contributed by atoms with Crippen molar-refractivity contribution in [3.8, 4) is 5.75 Å². The van der Waals surface area contributed by atoms with Crippen molar-refractivity contribution in [1.29, 1.82) is 0 Å². The van der Waals surface area contributed by atoms with Crippen LogP contribution in [0.25, 0.3) is 0 Å². The molecule has 0 N–H and O–H groups in total. The fourth-order valence-corrected chi connectivity index (χ4v) is 6.42. The van der Waals surface area contributed by atoms with E-state index in [0.717, 1.165) is 42.0 Å². The Morgan fingerprint density at radius 2 is 1.56 bits per heavy atom. The number of nitrogens with zero attached hydrogens (tertiary/aromatic N) is 1. The highest BCUT2D eigenvalue weighted by Crippen LogP contribution is 2.45. The Balaban J connectivity index is 1.34. The minimum absolute atomic E-state index is 0.00781. The predicted octanol–water partition coefficient (Wildman–Crippen LogP) is 9.06. The highest BCUT2D eigenvalue weighted by molar-refractivity contribution is 6.32. The summed E-state index contributed by atoms with van der Waals surface area (Å²) in [4.78, 5) is 14.7. The second kappa shape index (κ2) is 14.5. The number of alkyl halides is 3. The van der Waals surface area contributed by atoms with Gasteiger partial charge in [0.2, 0.25) is 0 Å². The van der Waals surface area contributed by atoms with Crippen LogP contribution in [0, 0.1) is 0 Å². The number of carbonyl (C=O) groups excluding carboxylic acids is 1. The van der Waals surface area contributed by atoms with Crippen LogP contribution in [0.1, 0.15) is 59.4 Å². The Morgan fingerprint density at radius 1 is 0.911 bits per heavy atom. The first-order chi connectivity index (χ1) is 21.7. The molecule has 0 heterocycles. The van der Waals surface area contributed by atoms with E-state index in [-0.39, 0.29) is 23.5 Å². The van der Waals surface area contributed by atoms with E-state index in [2.05, 4.69) is 29.2 Å². The quantitative estimate of drug-likeness (QED) is 0.109. The minimum Gasteiger partial charge on any atom is -0.494 e. The molecule has 1 saturated carbocycles. The van der Waals surface area contributed by atoms with Crippen LogP contribution in [0.3, 0.4) is 0 Å². The Hall–Kier alpha value is -3.81. The molecule has 0 radical (unpaired) electrons. The summed E-state index contributed by atoms with van der Waals surface area (Å²) in [5, 5.41) is -0.269. The molecule has 0 amide bonds. The fraction of sp³-hybridized carbons (Fsp3) is 0.324. The predicted molar refractivity (Wildman–Crippen MR) is 171 cm³/mol. The van der Waals surface area contributed by atoms with E-state index >= 15 is 0 Å². The largest absolute Gasteiger partial charge is 0.494 e. The molecule has 8 heteroatoms. The SMILES string of the molecule is COC(=O)C1(c2cccc(OCCCN(Cc3cccc(C(F)(F)F)c3Cl)CC(c3ccccc3)c3ccccc3)c2)CCC1. The number of hydrogen-bond acceptors (Lipinski definition) is 4. The van der Waals surface area contributed by atoms with Gasteiger partial charge in [-0.05, 0) is 59.7 Å². The summed E-state index contributed by atoms with van der Waals surface area (Å²) in [6.07, 6.45) is -1.44. The van der Waals surface area contributed by atoms with Gasteiger partial charge in [0.05, 0.1) is 29.7 Å². The molecule has 0 bridgehead atoms. The van der Waals surface area contributed by atoms with Gasteiger partial charge in [-0.25, -0.2) is 0 Å². The van der Waals surface area contributed by atoms with E-state index in [1.807, 2.05) is 60.7 Å². The van der Waals surface area contributed by atoms with Crippen LogP contribution in [0.15, 0.2) is 103 Å². The van der Waals surface area contributed by atoms with Crippen molar-refractivity contribution in [3.63, 3.8) is 0 Å². The van der Waals surface area contributed by atoms with Crippen molar-refractivity contribution in [2.24, 2.45) is 0 Å². The Labute approximate surface area is 267 Å². The third-order valence-electron chi connectivity index (χ3n) is 8.68. The van der Waals surface area contributed by atoms with Crippen molar-refractivity contribution < 1.29 is 27.4 Å². The van der Waals surface area contributed by atoms with Crippen molar-refractivity contribution in [1.82, 2.24) is 4.90 Å². The van der Waals surface area contributed by atoms with Gasteiger partial charge in [-0.2, -0.15) is 13.2 Å². The van der Waals surface area contributed by atoms with E-state index < -0.39 is 17.2 Å². The molecule has 4 nitrogen and oxygen atoms in total. The molecule has 5 rings (SSSR count). The first-order valence-corrected chi connectivity index (χ1v) is 15.6. The Morgan fingerprint density at radius 3 is 2.13 bits per heavy atom. The van der Waals surface area contributed by atoms with Crippen molar-refractivity contribution >= 4 is 17.6 Å². The monoisotopic (exact) mass is 635 g/mol. The summed E-state index contributed by atoms with van der Waals surface area (Å²) in [5.74, 6) is 0.439. The summed E-state index contributed by atoms with van der Waals surface area (Å²) >= 11 is 6.35. The van der Waals surface area contributed by atoms with E-state index in [1.54, 1.807) is 6.07 Å². The molecule has 45 heavy (non-hydrogen) atoms. The van der Waals surface area contributed by atoms with Crippen LogP contribution in [0.2, 0.25) is 5.02 Å². The van der Waals surface area contributed by atoms with Gasteiger partial charge in [0.15, 0.2) is 0 Å². The minimum atomic E-state index is -4.54. The maximum Gasteiger partial charge on any atom is 0.417 e. The van der Waals surface area contributed by atoms with Gasteiger partial charge in [0.25, 0.3) is 0 Å². The zero-order valence-corrected chi connectivity index (χ0v) is 26.0. The average molecular weight is 636 g/mol. The van der Waals surface area contributed by atoms with Gasteiger partial charge in [0.1, 0.15) is 5.75 Å². The third-order valence-corrected chi connectivity index (χ3v) is 9.13. The summed E-state index contributed by atoms with van der Waals surface area (Å²) in [7, 11) is 1.42. The van der Waals surface area contributed by atoms with Gasteiger partial charge >= 0.3 is 12.1 Å². The molecule has 4 aromatic carbocycles. The van der Waals surface area contributed by atoms with Crippen LogP contribution in [-0.2, 0) is 27.7 Å². The smallest absolute Gasteiger partial charge is 0.417 e. The fourth-order valence-electron chi connectivity index (χ4n) is 6.13. The number of carbonyl (C=O) groups is 1. The topological polar surface area (TPSA) is 38.8 Å². The lowest BCUT2D eigenvalue weighted by atomic mass is 9.64. The van der Waals surface area contributed by atoms with Crippen LogP contribution in [0.5, 0.6) is 5.75 Å². The highest BCUT2D eigenvalue weighted by atomic mass is 35.5. The zero-order valence-electron chi connectivity index (χ0n) is 25.2. The van der Waals surface area contributed by atoms with E-state index in [4.69, 9.17) is 21.1 Å². The summed E-state index contributed by atoms with van der Waals surface area (Å²) in [6.45, 7) is 1.77. The normalized spacial score (nSPS) is 14.3. The van der Waals surface area contributed by atoms with Gasteiger partial charge in [-0.3, -0.25) is 9.69 Å². The molecule has 0 atom stereocenters. The van der Waals surface area contributed by atoms with Gasteiger partial charge in [-0.15, -0.1) is 0 Å². The number of ether oxygens (including phenoxy) is 2. The maximum atomic E-state index is 13.7. The number of methoxy groups -OCH3 is 1. The maximum absolute atomic E-state index is 13.7. The first kappa shape index (κ1) is 32.6. The molecule has 1 aliphatic carbocycles. The molecule has 0 aromatic heterocycles. The van der Waals surface area contributed by atoms with Gasteiger partial charge in [-0.1, -0.05) is 103 Å². The summed E-state index contributed by atoms with van der Waals surface area (Å²) < 4.78 is 52.3. The standard InChI is InChI=1S/C37H37ClF3NO3/c1-44-35(43)36(20-10-21-36)30-17-9-18-31(24-30)45-23-11-22-42(25-29-16-8-19-33(34(29)38)37(39,40)41)26-32(27-12-4-2-5-13-27)28-14-6-3-7-15-28/h2-9,12-19,24,32H,10-11,20-23,25-26H2,1H3. The van der Waals surface area contributed by atoms with Crippen LogP contribution in [0.4, 0.5) is 13.2 Å². The lowest BCUT2D eigenvalue weighted by Gasteiger charge is -2.39. The molecule has 0 spiro atoms. The average Bonchev–Trinajstić information content (AvgIpc) is 3.02. The number of esters is 1. The lowest BCUT2D eigenvalue weighted by molar-refractivity contribution is -0.151. The van der Waals surface area contributed by atoms with Crippen molar-refractivity contribution in [3.05, 3.63) is 136 Å². The summed E-state index contributed by atoms with van der Waals surface area (Å²) in [6, 6.07) is 31.9. The Kier molecular flexibility index (Phi) is 10.5. The molecule has 1 aliphatic rings. The molecule has 236 valence electrons. The highest BCUT2D eigenvalue weighted by Gasteiger charge is 2.47. The van der Waals surface area contributed by atoms with E-state index in [1.165, 1.54) is 13.2 Å². The van der Waals surface area contributed by atoms with Crippen molar-refractivity contribution in [2.45, 2.75) is 49.7 Å². The Bertz CT molecular complexity index is 1520. The second-order valence-electron chi connectivity index (χ2n) is 11.5. The van der Waals surface area contributed by atoms with Crippen LogP contribution in [-0.4, -0.2) is 37.7 Å². The lowest BCUT2D eigenvalue weighted by Crippen LogP contribution is -2.43. The molecule has 4 aromatic rings. The number of hydrogen-bond donors (Lipinski definition) is 0. The first-order valence-electron chi connectivity index (χ1n) is 15.2. The van der Waals surface area contributed by atoms with Crippen molar-refractivity contribution in [2.75, 3.05) is 26.8 Å². The number of benzene rings is 4. The molecular weight excluding hydrogens is 599 g/mol. The molecule has 0 aliphatic heterocycles. The van der Waals surface area contributed by atoms with Gasteiger partial charge < -0.3 is 9.47 Å². The second-order valence-corrected chi connectivity index (χ2v) is 11.9. The molecule has 1 fully saturated rings. The van der Waals surface area contributed by atoms with Gasteiger partial charge in [0, 0.05) is 25.6 Å². The van der Waals surface area contributed by atoms with E-state index in [9.17, 15) is 18.0 Å². The molecule has 0 saturated heterocycles. The summed E-state index contributed by atoms with van der Waals surface area (Å²) in [5.41, 5.74) is 2.11. The number of rotatable bonds is 13. The van der Waals surface area contributed by atoms with Crippen LogP contribution >= 0.6 is 11.6 Å². The zero-order chi connectivity index (χ0) is 31.9. The molecule has 0 unspecified atom stereocenters. The number of halogens is 4. The van der Waals surface area contributed by atoms with E-state index in [0.29, 0.717) is 37.4 Å².